The fourth-order valence-corrected chi connectivity index (χ4v) is 5.81. The molecule has 1 saturated heterocycles. The number of hydrogen-bond donors (Lipinski definition) is 3. The molecular weight excluding hydrogens is 310 g/mol. The van der Waals surface area contributed by atoms with Gasteiger partial charge in [-0.3, -0.25) is 4.79 Å². The van der Waals surface area contributed by atoms with Crippen LogP contribution < -0.4 is 5.32 Å². The van der Waals surface area contributed by atoms with Gasteiger partial charge in [0.05, 0.1) is 11.1 Å². The third kappa shape index (κ3) is 2.45. The molecular formula is C17H25N3O4. The molecule has 1 heterocycles. The molecule has 0 radical (unpaired) electrons. The first-order valence-corrected chi connectivity index (χ1v) is 9.01. The summed E-state index contributed by atoms with van der Waals surface area (Å²) in [6.07, 6.45) is 5.29. The van der Waals surface area contributed by atoms with Gasteiger partial charge in [-0.1, -0.05) is 5.16 Å². The van der Waals surface area contributed by atoms with Crippen LogP contribution in [0.25, 0.3) is 0 Å². The Bertz CT molecular complexity index is 572. The van der Waals surface area contributed by atoms with E-state index in [1.165, 1.54) is 4.90 Å². The minimum Gasteiger partial charge on any atom is -0.465 e. The molecule has 3 N–H and O–H groups in total. The monoisotopic (exact) mass is 335 g/mol. The molecule has 1 aliphatic heterocycles. The van der Waals surface area contributed by atoms with Crippen molar-refractivity contribution >= 4 is 17.7 Å². The molecule has 0 aromatic rings. The van der Waals surface area contributed by atoms with E-state index in [0.717, 1.165) is 50.7 Å². The van der Waals surface area contributed by atoms with E-state index >= 15 is 0 Å². The van der Waals surface area contributed by atoms with E-state index in [1.807, 2.05) is 0 Å². The Balaban J connectivity index is 1.46. The number of carbonyl (C=O) groups is 2. The van der Waals surface area contributed by atoms with Crippen LogP contribution in [0.2, 0.25) is 0 Å². The molecule has 0 aromatic carbocycles. The fraction of sp³-hybridized carbons (Fsp3) is 0.824. The summed E-state index contributed by atoms with van der Waals surface area (Å²) in [6.45, 7) is 0.937. The molecule has 0 spiro atoms. The van der Waals surface area contributed by atoms with Crippen molar-refractivity contribution in [1.29, 1.82) is 0 Å². The van der Waals surface area contributed by atoms with Crippen LogP contribution >= 0.6 is 0 Å². The van der Waals surface area contributed by atoms with Gasteiger partial charge in [-0.2, -0.15) is 0 Å². The highest BCUT2D eigenvalue weighted by atomic mass is 16.4. The Kier molecular flexibility index (Phi) is 3.69. The third-order valence-electron chi connectivity index (χ3n) is 6.65. The van der Waals surface area contributed by atoms with Crippen LogP contribution in [0.15, 0.2) is 5.16 Å². The van der Waals surface area contributed by atoms with E-state index < -0.39 is 6.09 Å². The van der Waals surface area contributed by atoms with Crippen LogP contribution in [0, 0.1) is 23.2 Å². The van der Waals surface area contributed by atoms with Gasteiger partial charge in [-0.15, -0.1) is 0 Å². The van der Waals surface area contributed by atoms with Gasteiger partial charge in [0.2, 0.25) is 5.91 Å². The average Bonchev–Trinajstić information content (AvgIpc) is 2.54. The Morgan fingerprint density at radius 1 is 1.21 bits per heavy atom. The Hall–Kier alpha value is -1.79. The summed E-state index contributed by atoms with van der Waals surface area (Å²) in [7, 11) is 0. The number of amides is 2. The maximum atomic E-state index is 13.1. The zero-order valence-electron chi connectivity index (χ0n) is 13.8. The molecule has 7 heteroatoms. The van der Waals surface area contributed by atoms with Crippen LogP contribution in [0.4, 0.5) is 4.79 Å². The molecule has 2 amide bonds. The number of nitrogens with zero attached hydrogens (tertiary/aromatic N) is 2. The SMILES string of the molecule is O=C(O)N1CCC[C@H](NC(=O)C23CC4CC(C2)C(=NO)C(C4)C3)C1. The van der Waals surface area contributed by atoms with E-state index in [-0.39, 0.29) is 29.2 Å². The van der Waals surface area contributed by atoms with Crippen LogP contribution in [-0.2, 0) is 4.79 Å². The largest absolute Gasteiger partial charge is 0.465 e. The van der Waals surface area contributed by atoms with Gasteiger partial charge in [-0.05, 0) is 50.9 Å². The molecule has 132 valence electrons. The lowest BCUT2D eigenvalue weighted by atomic mass is 9.48. The molecule has 24 heavy (non-hydrogen) atoms. The van der Waals surface area contributed by atoms with Gasteiger partial charge >= 0.3 is 6.09 Å². The predicted octanol–water partition coefficient (Wildman–Crippen LogP) is 1.90. The van der Waals surface area contributed by atoms with Crippen LogP contribution in [0.1, 0.15) is 44.9 Å². The van der Waals surface area contributed by atoms with Crippen molar-refractivity contribution in [1.82, 2.24) is 10.2 Å². The standard InChI is InChI=1S/C17H25N3O4/c21-15(18-13-2-1-3-20(9-13)16(22)23)17-6-10-4-11(7-17)14(19-24)12(5-10)8-17/h10-13,24H,1-9H2,(H,18,21)(H,22,23)/t10?,11?,12?,13-,17?/m0/s1. The van der Waals surface area contributed by atoms with Gasteiger partial charge in [0.25, 0.3) is 0 Å². The first kappa shape index (κ1) is 15.7. The number of hydrogen-bond acceptors (Lipinski definition) is 4. The maximum Gasteiger partial charge on any atom is 0.407 e. The zero-order chi connectivity index (χ0) is 16.9. The van der Waals surface area contributed by atoms with Crippen molar-refractivity contribution in [2.75, 3.05) is 13.1 Å². The fourth-order valence-electron chi connectivity index (χ4n) is 5.81. The lowest BCUT2D eigenvalue weighted by Crippen LogP contribution is -2.59. The summed E-state index contributed by atoms with van der Waals surface area (Å²) in [4.78, 5) is 25.6. The van der Waals surface area contributed by atoms with E-state index in [2.05, 4.69) is 10.5 Å². The molecule has 2 unspecified atom stereocenters. The average molecular weight is 335 g/mol. The molecule has 4 aliphatic carbocycles. The van der Waals surface area contributed by atoms with E-state index in [0.29, 0.717) is 19.0 Å². The van der Waals surface area contributed by atoms with Crippen LogP contribution in [0.5, 0.6) is 0 Å². The van der Waals surface area contributed by atoms with E-state index in [4.69, 9.17) is 5.11 Å². The molecule has 5 fully saturated rings. The Morgan fingerprint density at radius 2 is 1.92 bits per heavy atom. The van der Waals surface area contributed by atoms with Crippen LogP contribution in [-0.4, -0.2) is 52.1 Å². The highest BCUT2D eigenvalue weighted by Crippen LogP contribution is 2.59. The number of carbonyl (C=O) groups excluding carboxylic acids is 1. The third-order valence-corrected chi connectivity index (χ3v) is 6.65. The summed E-state index contributed by atoms with van der Waals surface area (Å²) >= 11 is 0. The molecule has 7 nitrogen and oxygen atoms in total. The van der Waals surface area contributed by atoms with Crippen molar-refractivity contribution in [3.63, 3.8) is 0 Å². The predicted molar refractivity (Wildman–Crippen MR) is 86.0 cm³/mol. The number of rotatable bonds is 2. The van der Waals surface area contributed by atoms with Gasteiger partial charge in [-0.25, -0.2) is 4.79 Å². The first-order chi connectivity index (χ1) is 11.5. The Morgan fingerprint density at radius 3 is 2.54 bits per heavy atom. The smallest absolute Gasteiger partial charge is 0.407 e. The zero-order valence-corrected chi connectivity index (χ0v) is 13.8. The molecule has 5 aliphatic rings. The number of piperidine rings is 1. The lowest BCUT2D eigenvalue weighted by Gasteiger charge is -2.55. The second-order valence-electron chi connectivity index (χ2n) is 8.19. The van der Waals surface area contributed by atoms with Crippen molar-refractivity contribution in [2.24, 2.45) is 28.3 Å². The topological polar surface area (TPSA) is 102 Å². The van der Waals surface area contributed by atoms with Gasteiger partial charge in [0.1, 0.15) is 0 Å². The molecule has 3 atom stereocenters. The summed E-state index contributed by atoms with van der Waals surface area (Å²) < 4.78 is 0. The van der Waals surface area contributed by atoms with Gasteiger partial charge in [0, 0.05) is 31.0 Å². The normalized spacial score (nSPS) is 40.5. The highest BCUT2D eigenvalue weighted by molar-refractivity contribution is 5.94. The van der Waals surface area contributed by atoms with E-state index in [1.54, 1.807) is 0 Å². The Labute approximate surface area is 141 Å². The second kappa shape index (κ2) is 5.63. The second-order valence-corrected chi connectivity index (χ2v) is 8.19. The number of likely N-dealkylation sites (tertiary alicyclic amines) is 1. The quantitative estimate of drug-likeness (QED) is 0.530. The summed E-state index contributed by atoms with van der Waals surface area (Å²) in [5.41, 5.74) is 0.569. The highest BCUT2D eigenvalue weighted by Gasteiger charge is 2.57. The number of oxime groups is 1. The van der Waals surface area contributed by atoms with Crippen molar-refractivity contribution in [3.8, 4) is 0 Å². The molecule has 4 saturated carbocycles. The molecule has 0 aromatic heterocycles. The summed E-state index contributed by atoms with van der Waals surface area (Å²) in [5.74, 6) is 1.14. The van der Waals surface area contributed by atoms with Gasteiger partial charge in [0.15, 0.2) is 0 Å². The van der Waals surface area contributed by atoms with Crippen molar-refractivity contribution < 1.29 is 19.9 Å². The number of nitrogens with one attached hydrogen (secondary N) is 1. The summed E-state index contributed by atoms with van der Waals surface area (Å²) in [5, 5.41) is 25.1. The summed E-state index contributed by atoms with van der Waals surface area (Å²) in [6, 6.07) is -0.0821. The van der Waals surface area contributed by atoms with Crippen molar-refractivity contribution in [2.45, 2.75) is 51.0 Å². The van der Waals surface area contributed by atoms with Gasteiger partial charge < -0.3 is 20.5 Å². The van der Waals surface area contributed by atoms with Crippen LogP contribution in [0.3, 0.4) is 0 Å². The van der Waals surface area contributed by atoms with Crippen molar-refractivity contribution in [3.05, 3.63) is 0 Å². The maximum absolute atomic E-state index is 13.1. The van der Waals surface area contributed by atoms with E-state index in [9.17, 15) is 14.8 Å². The minimum atomic E-state index is -0.910. The number of carboxylic acid groups (broad SMARTS) is 1. The first-order valence-electron chi connectivity index (χ1n) is 9.01. The molecule has 4 bridgehead atoms. The molecule has 5 rings (SSSR count). The minimum absolute atomic E-state index is 0.0821. The lowest BCUT2D eigenvalue weighted by molar-refractivity contribution is -0.141.